The van der Waals surface area contributed by atoms with Gasteiger partial charge in [0.25, 0.3) is 0 Å². The maximum atomic E-state index is 13.3. The first-order valence-electron chi connectivity index (χ1n) is 31.3. The molecule has 0 aromatic carbocycles. The van der Waals surface area contributed by atoms with Gasteiger partial charge in [-0.1, -0.05) is 180 Å². The third kappa shape index (κ3) is 30.3. The van der Waals surface area contributed by atoms with Crippen molar-refractivity contribution in [2.75, 3.05) is 26.4 Å². The molecule has 12 N–H and O–H groups in total. The highest BCUT2D eigenvalue weighted by Crippen LogP contribution is 2.33. The van der Waals surface area contributed by atoms with Crippen LogP contribution in [0.15, 0.2) is 122 Å². The Morgan fingerprint density at radius 1 is 0.435 bits per heavy atom. The number of hydrogen-bond acceptors (Lipinski definition) is 18. The Balaban J connectivity index is 1.41. The number of amides is 1. The minimum atomic E-state index is -1.99. The average Bonchev–Trinajstić information content (AvgIpc) is 2.29. The van der Waals surface area contributed by atoms with Gasteiger partial charge in [-0.05, 0) is 89.9 Å². The van der Waals surface area contributed by atoms with E-state index in [0.29, 0.717) is 6.42 Å². The fraction of sp³-hybridized carbons (Fsp3) is 0.682. The van der Waals surface area contributed by atoms with Crippen LogP contribution >= 0.6 is 0 Å². The quantitative estimate of drug-likeness (QED) is 0.0229. The number of rotatable bonds is 44. The Bertz CT molecular complexity index is 2020. The van der Waals surface area contributed by atoms with Gasteiger partial charge in [0.2, 0.25) is 5.91 Å². The van der Waals surface area contributed by atoms with Gasteiger partial charge < -0.3 is 89.9 Å². The molecule has 3 saturated heterocycles. The van der Waals surface area contributed by atoms with Crippen LogP contribution in [0.5, 0.6) is 0 Å². The third-order valence-corrected chi connectivity index (χ3v) is 14.8. The number of aliphatic hydroxyl groups is 11. The average molecular weight is 1200 g/mol. The van der Waals surface area contributed by atoms with Crippen molar-refractivity contribution in [2.24, 2.45) is 0 Å². The molecule has 3 aliphatic heterocycles. The first-order chi connectivity index (χ1) is 41.3. The summed E-state index contributed by atoms with van der Waals surface area (Å²) in [5.41, 5.74) is 0. The highest BCUT2D eigenvalue weighted by Gasteiger charge is 2.53. The zero-order valence-corrected chi connectivity index (χ0v) is 50.5. The summed E-state index contributed by atoms with van der Waals surface area (Å²) in [4.78, 5) is 13.3. The Labute approximate surface area is 506 Å². The smallest absolute Gasteiger partial charge is 0.220 e. The van der Waals surface area contributed by atoms with E-state index >= 15 is 0 Å². The summed E-state index contributed by atoms with van der Waals surface area (Å²) in [6, 6.07) is -0.998. The van der Waals surface area contributed by atoms with Crippen LogP contribution in [-0.4, -0.2) is 193 Å². The van der Waals surface area contributed by atoms with Crippen LogP contribution in [0.4, 0.5) is 0 Å². The minimum Gasteiger partial charge on any atom is -0.394 e. The molecule has 17 atom stereocenters. The Morgan fingerprint density at radius 2 is 0.812 bits per heavy atom. The molecule has 0 aromatic heterocycles. The number of nitrogens with one attached hydrogen (secondary N) is 1. The number of aliphatic hydroxyl groups excluding tert-OH is 11. The topological polar surface area (TPSA) is 307 Å². The number of carbonyl (C=O) groups is 1. The molecule has 19 heteroatoms. The lowest BCUT2D eigenvalue weighted by Crippen LogP contribution is -2.66. The van der Waals surface area contributed by atoms with Gasteiger partial charge in [-0.25, -0.2) is 0 Å². The van der Waals surface area contributed by atoms with Crippen LogP contribution in [0.3, 0.4) is 0 Å². The van der Waals surface area contributed by atoms with E-state index in [0.717, 1.165) is 103 Å². The summed E-state index contributed by atoms with van der Waals surface area (Å²) in [5.74, 6) is -0.317. The first-order valence-corrected chi connectivity index (χ1v) is 31.3. The Morgan fingerprint density at radius 3 is 1.27 bits per heavy atom. The molecule has 0 spiro atoms. The van der Waals surface area contributed by atoms with Crippen molar-refractivity contribution in [3.8, 4) is 0 Å². The maximum absolute atomic E-state index is 13.3. The number of ether oxygens (including phenoxy) is 6. The fourth-order valence-corrected chi connectivity index (χ4v) is 9.65. The number of carbonyl (C=O) groups excluding carboxylic acids is 1. The zero-order chi connectivity index (χ0) is 61.9. The van der Waals surface area contributed by atoms with Crippen molar-refractivity contribution in [3.63, 3.8) is 0 Å². The summed E-state index contributed by atoms with van der Waals surface area (Å²) in [6.45, 7) is 1.50. The molecule has 484 valence electrons. The highest BCUT2D eigenvalue weighted by atomic mass is 16.8. The van der Waals surface area contributed by atoms with Crippen molar-refractivity contribution in [3.05, 3.63) is 122 Å². The number of unbranched alkanes of at least 4 members (excludes halogenated alkanes) is 10. The van der Waals surface area contributed by atoms with Crippen molar-refractivity contribution < 1.29 is 89.4 Å². The molecule has 3 aliphatic rings. The second-order valence-corrected chi connectivity index (χ2v) is 21.8. The largest absolute Gasteiger partial charge is 0.394 e. The molecule has 19 nitrogen and oxygen atoms in total. The second kappa shape index (κ2) is 47.2. The zero-order valence-electron chi connectivity index (χ0n) is 50.5. The van der Waals surface area contributed by atoms with Crippen molar-refractivity contribution in [1.82, 2.24) is 5.32 Å². The SMILES string of the molecule is CC/C=C\C/C=C\C/C=C\C/C=C\C/C=C\C/C=C\C/C=C\C/C=C\C/C=C\CCCCCC(=O)NC(COC1OC(CO)C(OC2OC(CO)C(OC3OC(CO)C(O)C(O)C3O)C(O)C2O)C(O)C1O)C(O)/C=C/CCCCCCCCC. The number of hydrogen-bond donors (Lipinski definition) is 12. The van der Waals surface area contributed by atoms with Gasteiger partial charge in [-0.15, -0.1) is 0 Å². The van der Waals surface area contributed by atoms with Crippen LogP contribution in [-0.2, 0) is 33.2 Å². The van der Waals surface area contributed by atoms with Gasteiger partial charge in [0.1, 0.15) is 73.2 Å². The molecular formula is C66H107NO18. The summed E-state index contributed by atoms with van der Waals surface area (Å²) in [6.07, 6.45) is 36.3. The van der Waals surface area contributed by atoms with E-state index in [4.69, 9.17) is 28.4 Å². The highest BCUT2D eigenvalue weighted by molar-refractivity contribution is 5.76. The lowest BCUT2D eigenvalue weighted by atomic mass is 9.96. The molecule has 0 bridgehead atoms. The van der Waals surface area contributed by atoms with Crippen LogP contribution in [0.25, 0.3) is 0 Å². The van der Waals surface area contributed by atoms with E-state index in [1.165, 1.54) is 25.7 Å². The molecule has 1 amide bonds. The Kier molecular flexibility index (Phi) is 41.9. The van der Waals surface area contributed by atoms with Gasteiger partial charge in [-0.2, -0.15) is 0 Å². The fourth-order valence-electron chi connectivity index (χ4n) is 9.65. The second-order valence-electron chi connectivity index (χ2n) is 21.8. The summed E-state index contributed by atoms with van der Waals surface area (Å²) in [5, 5.41) is 120. The van der Waals surface area contributed by atoms with Gasteiger partial charge in [0, 0.05) is 6.42 Å². The van der Waals surface area contributed by atoms with E-state index in [1.807, 2.05) is 6.08 Å². The summed E-state index contributed by atoms with van der Waals surface area (Å²) >= 11 is 0. The van der Waals surface area contributed by atoms with Crippen molar-refractivity contribution in [2.45, 2.75) is 259 Å². The molecular weight excluding hydrogens is 1090 g/mol. The molecule has 0 aliphatic carbocycles. The normalized spacial score (nSPS) is 29.8. The lowest BCUT2D eigenvalue weighted by Gasteiger charge is -2.48. The molecule has 0 aromatic rings. The monoisotopic (exact) mass is 1200 g/mol. The molecule has 3 fully saturated rings. The van der Waals surface area contributed by atoms with Crippen LogP contribution in [0.2, 0.25) is 0 Å². The predicted octanol–water partition coefficient (Wildman–Crippen LogP) is 6.48. The van der Waals surface area contributed by atoms with Crippen LogP contribution in [0.1, 0.15) is 155 Å². The van der Waals surface area contributed by atoms with Gasteiger partial charge >= 0.3 is 0 Å². The van der Waals surface area contributed by atoms with Crippen molar-refractivity contribution in [1.29, 1.82) is 0 Å². The van der Waals surface area contributed by atoms with Crippen molar-refractivity contribution >= 4 is 5.91 Å². The third-order valence-electron chi connectivity index (χ3n) is 14.8. The maximum Gasteiger partial charge on any atom is 0.220 e. The molecule has 3 rings (SSSR count). The van der Waals surface area contributed by atoms with Crippen LogP contribution < -0.4 is 5.32 Å². The minimum absolute atomic E-state index is 0.194. The van der Waals surface area contributed by atoms with E-state index in [9.17, 15) is 61.0 Å². The van der Waals surface area contributed by atoms with Gasteiger partial charge in [0.05, 0.1) is 38.6 Å². The summed E-state index contributed by atoms with van der Waals surface area (Å²) < 4.78 is 34.1. The molecule has 17 unspecified atom stereocenters. The molecule has 0 saturated carbocycles. The summed E-state index contributed by atoms with van der Waals surface area (Å²) in [7, 11) is 0. The standard InChI is InChI=1S/C66H107NO18/c1-3-5-7-9-11-13-14-15-16-17-18-19-20-21-22-23-24-25-26-27-28-29-30-31-32-33-34-36-38-40-42-44-54(72)67-49(50(71)43-41-39-37-35-12-10-8-6-4-2)48-80-64-60(78)57(75)62(52(46-69)82-64)85-66-61(79)58(76)63(53(47-70)83-66)84-65-59(77)56(74)55(73)51(45-68)81-65/h5,7,11,13,15-16,18-19,21-22,24-25,27-28,30-31,33-34,41,43,49-53,55-66,68-71,73-79H,3-4,6,8-10,12,14,17,20,23,26,29,32,35-40,42,44-48H2,1-2H3,(H,67,72)/b7-5-,13-11-,16-15-,19-18-,22-21-,25-24-,28-27-,31-30-,34-33-,43-41+. The van der Waals surface area contributed by atoms with E-state index in [1.54, 1.807) is 6.08 Å². The van der Waals surface area contributed by atoms with E-state index < -0.39 is 124 Å². The first kappa shape index (κ1) is 75.4. The van der Waals surface area contributed by atoms with Gasteiger partial charge in [-0.3, -0.25) is 4.79 Å². The van der Waals surface area contributed by atoms with E-state index in [-0.39, 0.29) is 18.9 Å². The Hall–Kier alpha value is -3.81. The number of allylic oxidation sites excluding steroid dienone is 19. The van der Waals surface area contributed by atoms with E-state index in [2.05, 4.69) is 129 Å². The van der Waals surface area contributed by atoms with Gasteiger partial charge in [0.15, 0.2) is 18.9 Å². The molecule has 3 heterocycles. The predicted molar refractivity (Wildman–Crippen MR) is 327 cm³/mol. The molecule has 0 radical (unpaired) electrons. The van der Waals surface area contributed by atoms with Crippen LogP contribution in [0, 0.1) is 0 Å². The molecule has 85 heavy (non-hydrogen) atoms. The lowest BCUT2D eigenvalue weighted by molar-refractivity contribution is -0.379.